The van der Waals surface area contributed by atoms with Gasteiger partial charge in [0.05, 0.1) is 19.3 Å². The first-order chi connectivity index (χ1) is 13.0. The van der Waals surface area contributed by atoms with Crippen molar-refractivity contribution in [1.82, 2.24) is 4.90 Å². The zero-order valence-corrected chi connectivity index (χ0v) is 19.0. The lowest BCUT2D eigenvalue weighted by atomic mass is 9.87. The summed E-state index contributed by atoms with van der Waals surface area (Å²) in [6.45, 7) is 11.1. The predicted octanol–water partition coefficient (Wildman–Crippen LogP) is 4.39. The summed E-state index contributed by atoms with van der Waals surface area (Å²) in [6.07, 6.45) is 2.78. The van der Waals surface area contributed by atoms with Gasteiger partial charge in [0, 0.05) is 12.0 Å². The first-order valence-corrected chi connectivity index (χ1v) is 13.1. The van der Waals surface area contributed by atoms with Gasteiger partial charge in [-0.05, 0) is 49.5 Å². The summed E-state index contributed by atoms with van der Waals surface area (Å²) in [5.74, 6) is -0.417. The van der Waals surface area contributed by atoms with Crippen molar-refractivity contribution in [3.63, 3.8) is 0 Å². The van der Waals surface area contributed by atoms with E-state index in [1.165, 1.54) is 7.11 Å². The molecule has 3 rings (SSSR count). The van der Waals surface area contributed by atoms with Crippen LogP contribution in [0, 0.1) is 0 Å². The van der Waals surface area contributed by atoms with E-state index in [2.05, 4.69) is 33.9 Å². The van der Waals surface area contributed by atoms with Crippen molar-refractivity contribution in [2.45, 2.75) is 82.3 Å². The van der Waals surface area contributed by atoms with Gasteiger partial charge in [0.2, 0.25) is 0 Å². The Morgan fingerprint density at radius 2 is 1.82 bits per heavy atom. The molecule has 2 aliphatic heterocycles. The third-order valence-corrected chi connectivity index (χ3v) is 11.4. The molecule has 1 aromatic carbocycles. The number of carbonyl (C=O) groups excluding carboxylic acids is 2. The molecule has 2 bridgehead atoms. The fourth-order valence-electron chi connectivity index (χ4n) is 4.41. The van der Waals surface area contributed by atoms with E-state index < -0.39 is 13.9 Å². The Hall–Kier alpha value is -1.66. The Bertz CT molecular complexity index is 743. The van der Waals surface area contributed by atoms with E-state index in [0.717, 1.165) is 12.8 Å². The second-order valence-corrected chi connectivity index (χ2v) is 14.4. The second-order valence-electron chi connectivity index (χ2n) is 9.64. The van der Waals surface area contributed by atoms with Crippen LogP contribution in [0.2, 0.25) is 18.1 Å². The first-order valence-electron chi connectivity index (χ1n) is 10.2. The maximum Gasteiger partial charge on any atom is 0.331 e. The van der Waals surface area contributed by atoms with Gasteiger partial charge in [-0.1, -0.05) is 39.0 Å². The Balaban J connectivity index is 2.00. The van der Waals surface area contributed by atoms with E-state index in [0.29, 0.717) is 18.4 Å². The Labute approximate surface area is 169 Å². The normalized spacial score (nSPS) is 27.6. The molecule has 28 heavy (non-hydrogen) atoms. The quantitative estimate of drug-likeness (QED) is 0.553. The highest BCUT2D eigenvalue weighted by atomic mass is 28.4. The van der Waals surface area contributed by atoms with Crippen LogP contribution in [-0.2, 0) is 14.0 Å². The van der Waals surface area contributed by atoms with E-state index >= 15 is 0 Å². The topological polar surface area (TPSA) is 55.8 Å². The summed E-state index contributed by atoms with van der Waals surface area (Å²) in [4.78, 5) is 28.2. The monoisotopic (exact) mass is 403 g/mol. The van der Waals surface area contributed by atoms with Crippen LogP contribution in [0.4, 0.5) is 0 Å². The third kappa shape index (κ3) is 3.41. The molecular formula is C22H33NO4Si. The van der Waals surface area contributed by atoms with Gasteiger partial charge in [0.15, 0.2) is 8.32 Å². The number of hydrogen-bond donors (Lipinski definition) is 0. The summed E-state index contributed by atoms with van der Waals surface area (Å²) < 4.78 is 11.9. The van der Waals surface area contributed by atoms with Crippen LogP contribution in [-0.4, -0.2) is 49.9 Å². The first kappa shape index (κ1) is 21.1. The number of hydrogen-bond acceptors (Lipinski definition) is 4. The molecule has 0 aromatic heterocycles. The Morgan fingerprint density at radius 1 is 1.18 bits per heavy atom. The number of methoxy groups -OCH3 is 1. The number of benzene rings is 1. The number of fused-ring (bicyclic) bond motifs is 2. The lowest BCUT2D eigenvalue weighted by molar-refractivity contribution is -0.154. The SMILES string of the molecule is COC(=O)[C@]12CCC[C@H]([C@@H](O[Si](C)(C)C(C)(C)C)C1)N2C(=O)c1ccccc1. The maximum absolute atomic E-state index is 13.5. The summed E-state index contributed by atoms with van der Waals surface area (Å²) in [5, 5.41) is 0.0659. The smallest absolute Gasteiger partial charge is 0.331 e. The molecule has 2 heterocycles. The average molecular weight is 404 g/mol. The molecule has 5 nitrogen and oxygen atoms in total. The van der Waals surface area contributed by atoms with Crippen molar-refractivity contribution in [3.05, 3.63) is 35.9 Å². The molecular weight excluding hydrogens is 370 g/mol. The highest BCUT2D eigenvalue weighted by molar-refractivity contribution is 6.74. The van der Waals surface area contributed by atoms with Crippen LogP contribution >= 0.6 is 0 Å². The number of carbonyl (C=O) groups is 2. The molecule has 2 fully saturated rings. The number of amides is 1. The molecule has 1 aromatic rings. The van der Waals surface area contributed by atoms with Crippen LogP contribution in [0.1, 0.15) is 56.8 Å². The predicted molar refractivity (Wildman–Crippen MR) is 112 cm³/mol. The molecule has 2 aliphatic rings. The van der Waals surface area contributed by atoms with Gasteiger partial charge in [-0.25, -0.2) is 4.79 Å². The van der Waals surface area contributed by atoms with Crippen LogP contribution in [0.15, 0.2) is 30.3 Å². The average Bonchev–Trinajstić information content (AvgIpc) is 2.82. The molecule has 0 saturated carbocycles. The second kappa shape index (κ2) is 7.30. The molecule has 6 heteroatoms. The minimum absolute atomic E-state index is 0.0659. The summed E-state index contributed by atoms with van der Waals surface area (Å²) in [6, 6.07) is 9.13. The minimum Gasteiger partial charge on any atom is -0.467 e. The molecule has 154 valence electrons. The zero-order valence-electron chi connectivity index (χ0n) is 18.0. The van der Waals surface area contributed by atoms with Crippen LogP contribution in [0.3, 0.4) is 0 Å². The van der Waals surface area contributed by atoms with Gasteiger partial charge in [-0.15, -0.1) is 0 Å². The molecule has 0 unspecified atom stereocenters. The Kier molecular flexibility index (Phi) is 5.49. The van der Waals surface area contributed by atoms with E-state index in [4.69, 9.17) is 9.16 Å². The van der Waals surface area contributed by atoms with Gasteiger partial charge in [0.25, 0.3) is 5.91 Å². The highest BCUT2D eigenvalue weighted by Gasteiger charge is 2.62. The van der Waals surface area contributed by atoms with Crippen molar-refractivity contribution >= 4 is 20.2 Å². The van der Waals surface area contributed by atoms with Gasteiger partial charge < -0.3 is 14.1 Å². The molecule has 0 aliphatic carbocycles. The van der Waals surface area contributed by atoms with Gasteiger partial charge in [-0.3, -0.25) is 4.79 Å². The molecule has 1 amide bonds. The molecule has 0 N–H and O–H groups in total. The van der Waals surface area contributed by atoms with E-state index in [9.17, 15) is 9.59 Å². The zero-order chi connectivity index (χ0) is 20.7. The van der Waals surface area contributed by atoms with E-state index in [1.807, 2.05) is 30.3 Å². The van der Waals surface area contributed by atoms with Crippen LogP contribution < -0.4 is 0 Å². The molecule has 2 saturated heterocycles. The summed E-state index contributed by atoms with van der Waals surface area (Å²) in [7, 11) is -0.631. The lowest BCUT2D eigenvalue weighted by Gasteiger charge is -2.43. The van der Waals surface area contributed by atoms with Crippen molar-refractivity contribution in [1.29, 1.82) is 0 Å². The highest BCUT2D eigenvalue weighted by Crippen LogP contribution is 2.49. The number of nitrogens with zero attached hydrogens (tertiary/aromatic N) is 1. The molecule has 0 spiro atoms. The third-order valence-electron chi connectivity index (χ3n) is 6.91. The fraction of sp³-hybridized carbons (Fsp3) is 0.636. The van der Waals surface area contributed by atoms with Crippen molar-refractivity contribution in [2.24, 2.45) is 0 Å². The lowest BCUT2D eigenvalue weighted by Crippen LogP contribution is -2.58. The van der Waals surface area contributed by atoms with Crippen LogP contribution in [0.25, 0.3) is 0 Å². The summed E-state index contributed by atoms with van der Waals surface area (Å²) >= 11 is 0. The molecule has 3 atom stereocenters. The van der Waals surface area contributed by atoms with E-state index in [1.54, 1.807) is 4.90 Å². The van der Waals surface area contributed by atoms with Gasteiger partial charge in [-0.2, -0.15) is 0 Å². The Morgan fingerprint density at radius 3 is 2.39 bits per heavy atom. The van der Waals surface area contributed by atoms with Crippen LogP contribution in [0.5, 0.6) is 0 Å². The van der Waals surface area contributed by atoms with Crippen molar-refractivity contribution < 1.29 is 18.8 Å². The maximum atomic E-state index is 13.5. The minimum atomic E-state index is -2.04. The van der Waals surface area contributed by atoms with Crippen molar-refractivity contribution in [2.75, 3.05) is 7.11 Å². The van der Waals surface area contributed by atoms with Gasteiger partial charge in [0.1, 0.15) is 5.54 Å². The standard InChI is InChI=1S/C22H33NO4Si/c1-21(2,3)28(5,6)27-18-15-22(20(25)26-4)14-10-13-17(18)23(22)19(24)16-11-8-7-9-12-16/h7-9,11-12,17-18H,10,13-15H2,1-6H3/t17-,18+,22+/m1/s1. The number of ether oxygens (including phenoxy) is 1. The largest absolute Gasteiger partial charge is 0.467 e. The number of piperidine rings is 1. The number of esters is 1. The van der Waals surface area contributed by atoms with Crippen molar-refractivity contribution in [3.8, 4) is 0 Å². The summed E-state index contributed by atoms with van der Waals surface area (Å²) in [5.41, 5.74) is -0.312. The number of rotatable bonds is 4. The fourth-order valence-corrected chi connectivity index (χ4v) is 5.76. The van der Waals surface area contributed by atoms with E-state index in [-0.39, 0.29) is 29.1 Å². The van der Waals surface area contributed by atoms with Gasteiger partial charge >= 0.3 is 5.97 Å². The molecule has 0 radical (unpaired) electrons.